The van der Waals surface area contributed by atoms with E-state index in [9.17, 15) is 15.3 Å². The number of hydrogen-bond acceptors (Lipinski definition) is 4. The Hall–Kier alpha value is -2.28. The highest BCUT2D eigenvalue weighted by molar-refractivity contribution is 6.99. The fourth-order valence-corrected chi connectivity index (χ4v) is 16.2. The molecule has 10 atom stereocenters. The molecule has 4 fully saturated rings. The molecule has 0 radical (unpaired) electrons. The van der Waals surface area contributed by atoms with Crippen LogP contribution in [0, 0.1) is 34.5 Å². The van der Waals surface area contributed by atoms with Crippen molar-refractivity contribution < 1.29 is 19.7 Å². The first kappa shape index (κ1) is 32.3. The molecule has 0 spiro atoms. The van der Waals surface area contributed by atoms with E-state index in [1.54, 1.807) is 0 Å². The summed E-state index contributed by atoms with van der Waals surface area (Å²) in [7, 11) is -2.74. The van der Waals surface area contributed by atoms with Crippen molar-refractivity contribution in [2.45, 2.75) is 109 Å². The SMILES string of the molecule is CC(C)(C)[Si](O[C@H]1CC[C@@]2(C)[C@H](C1)[C@@H](O)[C@H](O)[C@@H]1[C@@H]2CC[C@@]2(C)[C@H]1CC[C@@]2(O)c1ccccc1)(c1ccccc1)c1ccccc1. The quantitative estimate of drug-likeness (QED) is 0.269. The van der Waals surface area contributed by atoms with Gasteiger partial charge in [-0.2, -0.15) is 0 Å². The molecule has 0 aliphatic heterocycles. The Kier molecular flexibility index (Phi) is 8.01. The molecule has 0 unspecified atom stereocenters. The third-order valence-corrected chi connectivity index (χ3v) is 19.0. The van der Waals surface area contributed by atoms with Crippen LogP contribution in [0.25, 0.3) is 0 Å². The average molecular weight is 639 g/mol. The Morgan fingerprint density at radius 2 is 1.22 bits per heavy atom. The van der Waals surface area contributed by atoms with Crippen molar-refractivity contribution >= 4 is 18.7 Å². The van der Waals surface area contributed by atoms with Gasteiger partial charge in [-0.15, -0.1) is 0 Å². The van der Waals surface area contributed by atoms with E-state index in [1.165, 1.54) is 10.4 Å². The lowest BCUT2D eigenvalue weighted by atomic mass is 9.43. The van der Waals surface area contributed by atoms with Crippen molar-refractivity contribution in [1.29, 1.82) is 0 Å². The summed E-state index contributed by atoms with van der Waals surface area (Å²) >= 11 is 0. The minimum absolute atomic E-state index is 0.00582. The summed E-state index contributed by atoms with van der Waals surface area (Å²) in [5.74, 6) is 0.451. The third kappa shape index (κ3) is 4.59. The smallest absolute Gasteiger partial charge is 0.261 e. The number of fused-ring (bicyclic) bond motifs is 5. The lowest BCUT2D eigenvalue weighted by Gasteiger charge is -2.64. The van der Waals surface area contributed by atoms with Crippen molar-refractivity contribution in [1.82, 2.24) is 0 Å². The van der Waals surface area contributed by atoms with E-state index in [2.05, 4.69) is 107 Å². The predicted molar refractivity (Wildman–Crippen MR) is 187 cm³/mol. The van der Waals surface area contributed by atoms with Crippen LogP contribution in [0.15, 0.2) is 91.0 Å². The van der Waals surface area contributed by atoms with E-state index < -0.39 is 26.1 Å². The summed E-state index contributed by atoms with van der Waals surface area (Å²) in [5.41, 5.74) is -0.325. The molecule has 0 bridgehead atoms. The molecule has 3 aromatic rings. The molecular weight excluding hydrogens is 585 g/mol. The molecule has 4 nitrogen and oxygen atoms in total. The van der Waals surface area contributed by atoms with Gasteiger partial charge in [-0.25, -0.2) is 0 Å². The zero-order valence-corrected chi connectivity index (χ0v) is 29.4. The van der Waals surface area contributed by atoms with Gasteiger partial charge in [0.05, 0.1) is 17.8 Å². The average Bonchev–Trinajstić information content (AvgIpc) is 3.34. The van der Waals surface area contributed by atoms with E-state index in [-0.39, 0.29) is 39.7 Å². The van der Waals surface area contributed by atoms with Gasteiger partial charge in [-0.05, 0) is 95.0 Å². The second-order valence-electron chi connectivity index (χ2n) is 16.8. The highest BCUT2D eigenvalue weighted by Crippen LogP contribution is 2.70. The molecule has 3 aromatic carbocycles. The Bertz CT molecular complexity index is 1470. The van der Waals surface area contributed by atoms with Crippen LogP contribution >= 0.6 is 0 Å². The molecule has 3 N–H and O–H groups in total. The van der Waals surface area contributed by atoms with Crippen LogP contribution in [-0.2, 0) is 10.0 Å². The molecule has 0 amide bonds. The molecule has 4 saturated carbocycles. The maximum absolute atomic E-state index is 12.3. The zero-order valence-electron chi connectivity index (χ0n) is 28.4. The topological polar surface area (TPSA) is 69.9 Å². The molecular formula is C41H54O4Si. The van der Waals surface area contributed by atoms with Crippen molar-refractivity contribution in [3.05, 3.63) is 96.6 Å². The van der Waals surface area contributed by atoms with Gasteiger partial charge in [0, 0.05) is 11.5 Å². The minimum Gasteiger partial charge on any atom is -0.404 e. The molecule has 7 rings (SSSR count). The Morgan fingerprint density at radius 1 is 0.674 bits per heavy atom. The maximum atomic E-state index is 12.3. The van der Waals surface area contributed by atoms with Crippen LogP contribution in [0.4, 0.5) is 0 Å². The summed E-state index contributed by atoms with van der Waals surface area (Å²) in [4.78, 5) is 0. The summed E-state index contributed by atoms with van der Waals surface area (Å²) in [6.07, 6.45) is 4.62. The summed E-state index contributed by atoms with van der Waals surface area (Å²) in [6, 6.07) is 31.9. The Labute approximate surface area is 277 Å². The maximum Gasteiger partial charge on any atom is 0.261 e. The van der Waals surface area contributed by atoms with Crippen LogP contribution in [0.2, 0.25) is 5.04 Å². The van der Waals surface area contributed by atoms with Gasteiger partial charge in [0.2, 0.25) is 0 Å². The first-order valence-electron chi connectivity index (χ1n) is 17.8. The van der Waals surface area contributed by atoms with E-state index in [0.29, 0.717) is 12.3 Å². The minimum atomic E-state index is -2.74. The van der Waals surface area contributed by atoms with Crippen LogP contribution in [0.5, 0.6) is 0 Å². The first-order valence-corrected chi connectivity index (χ1v) is 19.7. The molecule has 246 valence electrons. The second kappa shape index (κ2) is 11.4. The zero-order chi connectivity index (χ0) is 32.5. The van der Waals surface area contributed by atoms with Gasteiger partial charge in [0.25, 0.3) is 8.32 Å². The molecule has 4 aliphatic carbocycles. The van der Waals surface area contributed by atoms with Crippen molar-refractivity contribution in [2.24, 2.45) is 34.5 Å². The van der Waals surface area contributed by atoms with Gasteiger partial charge >= 0.3 is 0 Å². The lowest BCUT2D eigenvalue weighted by molar-refractivity contribution is -0.232. The molecule has 0 heterocycles. The molecule has 4 aliphatic rings. The second-order valence-corrected chi connectivity index (χ2v) is 21.0. The van der Waals surface area contributed by atoms with Crippen LogP contribution in [0.3, 0.4) is 0 Å². The van der Waals surface area contributed by atoms with E-state index in [4.69, 9.17) is 4.43 Å². The van der Waals surface area contributed by atoms with E-state index in [0.717, 1.165) is 44.1 Å². The summed E-state index contributed by atoms with van der Waals surface area (Å²) in [6.45, 7) is 11.6. The van der Waals surface area contributed by atoms with Gasteiger partial charge < -0.3 is 19.7 Å². The van der Waals surface area contributed by atoms with Crippen molar-refractivity contribution in [3.63, 3.8) is 0 Å². The highest BCUT2D eigenvalue weighted by atomic mass is 28.4. The normalized spacial score (nSPS) is 39.3. The molecule has 0 aromatic heterocycles. The predicted octanol–water partition coefficient (Wildman–Crippen LogP) is 6.80. The highest BCUT2D eigenvalue weighted by Gasteiger charge is 2.68. The molecule has 46 heavy (non-hydrogen) atoms. The van der Waals surface area contributed by atoms with Gasteiger partial charge in [-0.3, -0.25) is 0 Å². The summed E-state index contributed by atoms with van der Waals surface area (Å²) in [5, 5.41) is 38.9. The van der Waals surface area contributed by atoms with Crippen molar-refractivity contribution in [2.75, 3.05) is 0 Å². The Balaban J connectivity index is 1.20. The number of hydrogen-bond donors (Lipinski definition) is 3. The number of rotatable bonds is 5. The largest absolute Gasteiger partial charge is 0.404 e. The van der Waals surface area contributed by atoms with E-state index >= 15 is 0 Å². The Morgan fingerprint density at radius 3 is 1.78 bits per heavy atom. The molecule has 5 heteroatoms. The van der Waals surface area contributed by atoms with Crippen LogP contribution < -0.4 is 10.4 Å². The number of aliphatic hydroxyl groups is 3. The number of aliphatic hydroxyl groups excluding tert-OH is 2. The van der Waals surface area contributed by atoms with E-state index in [1.807, 2.05) is 18.2 Å². The first-order chi connectivity index (χ1) is 21.9. The third-order valence-electron chi connectivity index (χ3n) is 13.9. The van der Waals surface area contributed by atoms with Crippen LogP contribution in [0.1, 0.15) is 85.1 Å². The van der Waals surface area contributed by atoms with Crippen molar-refractivity contribution in [3.8, 4) is 0 Å². The monoisotopic (exact) mass is 638 g/mol. The van der Waals surface area contributed by atoms with Gasteiger partial charge in [0.1, 0.15) is 0 Å². The number of benzene rings is 3. The lowest BCUT2D eigenvalue weighted by Crippen LogP contribution is -2.69. The fourth-order valence-electron chi connectivity index (χ4n) is 11.5. The summed E-state index contributed by atoms with van der Waals surface area (Å²) < 4.78 is 7.60. The molecule has 0 saturated heterocycles. The van der Waals surface area contributed by atoms with Gasteiger partial charge in [0.15, 0.2) is 0 Å². The standard InChI is InChI=1S/C41H54O4Si/c1-38(2,3)46(30-17-11-7-12-18-30,31-19-13-8-14-20-31)45-29-21-24-39(4)32-22-25-40(5)33(35(32)37(43)36(42)34(39)27-29)23-26-41(40,44)28-15-9-6-10-16-28/h6-20,29,32-37,42-44H,21-27H2,1-5H3/t29-,32-,33-,34+,35+,36+,37+,39+,40-,41+/m0/s1. The fraction of sp³-hybridized carbons (Fsp3) is 0.561. The van der Waals surface area contributed by atoms with Gasteiger partial charge in [-0.1, -0.05) is 126 Å². The van der Waals surface area contributed by atoms with Crippen LogP contribution in [-0.4, -0.2) is 41.9 Å².